The Morgan fingerprint density at radius 3 is 1.16 bits per heavy atom. The van der Waals surface area contributed by atoms with E-state index in [-0.39, 0.29) is 11.8 Å². The Morgan fingerprint density at radius 1 is 0.560 bits per heavy atom. The van der Waals surface area contributed by atoms with Crippen molar-refractivity contribution < 1.29 is 0 Å². The van der Waals surface area contributed by atoms with Gasteiger partial charge in [0.2, 0.25) is 0 Å². The van der Waals surface area contributed by atoms with Crippen LogP contribution < -0.4 is 0 Å². The molecule has 2 unspecified atom stereocenters. The van der Waals surface area contributed by atoms with E-state index in [2.05, 4.69) is 0 Å². The third-order valence-corrected chi connectivity index (χ3v) is 6.00. The first kappa shape index (κ1) is 21.5. The van der Waals surface area contributed by atoms with Crippen LogP contribution >= 0.6 is 69.6 Å². The molecule has 0 aromatic heterocycles. The normalized spacial score (nSPS) is 15.0. The minimum Gasteiger partial charge on any atom is -0.0834 e. The quantitative estimate of drug-likeness (QED) is 0.387. The fourth-order valence-electron chi connectivity index (χ4n) is 2.81. The number of hydrogen-bond donors (Lipinski definition) is 0. The highest BCUT2D eigenvalue weighted by Gasteiger charge is 2.40. The van der Waals surface area contributed by atoms with Gasteiger partial charge in [0.15, 0.2) is 7.59 Å². The second kappa shape index (κ2) is 9.40. The Kier molecular flexibility index (Phi) is 8.08. The van der Waals surface area contributed by atoms with Crippen LogP contribution in [0.15, 0.2) is 60.7 Å². The molecule has 25 heavy (non-hydrogen) atoms. The summed E-state index contributed by atoms with van der Waals surface area (Å²) in [6.07, 6.45) is 1.68. The molecule has 0 saturated carbocycles. The minimum absolute atomic E-state index is 0.274. The second-order valence-electron chi connectivity index (χ2n) is 6.09. The number of rotatable bonds is 6. The fraction of sp³-hybridized carbons (Fsp3) is 0.368. The van der Waals surface area contributed by atoms with Gasteiger partial charge in [-0.1, -0.05) is 130 Å². The van der Waals surface area contributed by atoms with Gasteiger partial charge in [-0.15, -0.1) is 0 Å². The lowest BCUT2D eigenvalue weighted by atomic mass is 9.87. The second-order valence-corrected chi connectivity index (χ2v) is 10.8. The van der Waals surface area contributed by atoms with Gasteiger partial charge in [0.25, 0.3) is 0 Å². The molecule has 2 rings (SSSR count). The Balaban J connectivity index is 2.20. The summed E-state index contributed by atoms with van der Waals surface area (Å²) in [5.41, 5.74) is 2.17. The molecule has 2 aromatic rings. The first-order valence-corrected chi connectivity index (χ1v) is 10.1. The highest BCUT2D eigenvalue weighted by Crippen LogP contribution is 2.46. The lowest BCUT2D eigenvalue weighted by Gasteiger charge is -2.32. The van der Waals surface area contributed by atoms with Crippen LogP contribution in [0.4, 0.5) is 0 Å². The first-order valence-electron chi connectivity index (χ1n) is 7.87. The smallest absolute Gasteiger partial charge is 0.0834 e. The van der Waals surface area contributed by atoms with E-state index in [1.165, 1.54) is 0 Å². The molecular formula is C19H18Cl6. The maximum atomic E-state index is 6.25. The molecule has 0 amide bonds. The Morgan fingerprint density at radius 2 is 0.880 bits per heavy atom. The average Bonchev–Trinajstić information content (AvgIpc) is 2.53. The van der Waals surface area contributed by atoms with Crippen LogP contribution in [-0.4, -0.2) is 7.59 Å². The molecule has 0 aliphatic heterocycles. The predicted octanol–water partition coefficient (Wildman–Crippen LogP) is 7.83. The van der Waals surface area contributed by atoms with Crippen molar-refractivity contribution >= 4 is 69.6 Å². The van der Waals surface area contributed by atoms with Crippen LogP contribution in [0.25, 0.3) is 0 Å². The van der Waals surface area contributed by atoms with Gasteiger partial charge in [0.1, 0.15) is 0 Å². The Hall–Kier alpha value is 0.180. The van der Waals surface area contributed by atoms with Gasteiger partial charge in [-0.25, -0.2) is 0 Å². The third-order valence-electron chi connectivity index (χ3n) is 4.14. The molecule has 0 aliphatic rings. The van der Waals surface area contributed by atoms with E-state index < -0.39 is 7.59 Å². The molecule has 2 atom stereocenters. The van der Waals surface area contributed by atoms with Crippen molar-refractivity contribution in [1.29, 1.82) is 0 Å². The molecule has 0 heterocycles. The standard InChI is InChI=1S/C19H18Cl6/c20-18(21,22)16(11-14-7-3-1-4-8-14)13-17(19(23,24)25)12-15-9-5-2-6-10-15/h1-10,16-17H,11-13H2. The van der Waals surface area contributed by atoms with Gasteiger partial charge in [-0.3, -0.25) is 0 Å². The SMILES string of the molecule is ClC(Cl)(Cl)C(Cc1ccccc1)CC(Cc1ccccc1)C(Cl)(Cl)Cl. The van der Waals surface area contributed by atoms with Crippen molar-refractivity contribution in [2.45, 2.75) is 26.8 Å². The average molecular weight is 459 g/mol. The van der Waals surface area contributed by atoms with E-state index >= 15 is 0 Å². The van der Waals surface area contributed by atoms with Gasteiger partial charge in [0.05, 0.1) is 0 Å². The summed E-state index contributed by atoms with van der Waals surface area (Å²) in [5.74, 6) is -0.548. The van der Waals surface area contributed by atoms with Gasteiger partial charge in [0, 0.05) is 11.8 Å². The first-order chi connectivity index (χ1) is 11.7. The fourth-order valence-corrected chi connectivity index (χ4v) is 3.80. The lowest BCUT2D eigenvalue weighted by molar-refractivity contribution is 0.371. The topological polar surface area (TPSA) is 0 Å². The molecule has 0 fully saturated rings. The van der Waals surface area contributed by atoms with E-state index in [9.17, 15) is 0 Å². The van der Waals surface area contributed by atoms with Crippen molar-refractivity contribution in [3.63, 3.8) is 0 Å². The molecule has 0 nitrogen and oxygen atoms in total. The Bertz CT molecular complexity index is 573. The molecule has 0 radical (unpaired) electrons. The Labute approximate surface area is 179 Å². The largest absolute Gasteiger partial charge is 0.193 e. The molecule has 0 saturated heterocycles. The van der Waals surface area contributed by atoms with Crippen molar-refractivity contribution in [2.75, 3.05) is 0 Å². The maximum Gasteiger partial charge on any atom is 0.193 e. The monoisotopic (exact) mass is 456 g/mol. The third kappa shape index (κ3) is 7.37. The van der Waals surface area contributed by atoms with Crippen molar-refractivity contribution in [1.82, 2.24) is 0 Å². The van der Waals surface area contributed by atoms with Crippen LogP contribution in [0, 0.1) is 11.8 Å². The zero-order chi connectivity index (χ0) is 18.5. The van der Waals surface area contributed by atoms with Gasteiger partial charge in [-0.05, 0) is 30.4 Å². The van der Waals surface area contributed by atoms with E-state index in [0.29, 0.717) is 19.3 Å². The van der Waals surface area contributed by atoms with Crippen molar-refractivity contribution in [3.05, 3.63) is 71.8 Å². The summed E-state index contributed by atoms with van der Waals surface area (Å²) in [5, 5.41) is 0. The van der Waals surface area contributed by atoms with Crippen LogP contribution in [0.2, 0.25) is 0 Å². The van der Waals surface area contributed by atoms with E-state index in [1.54, 1.807) is 0 Å². The zero-order valence-corrected chi connectivity index (χ0v) is 17.9. The van der Waals surface area contributed by atoms with Gasteiger partial charge < -0.3 is 0 Å². The molecule has 0 N–H and O–H groups in total. The minimum atomic E-state index is -1.44. The molecule has 0 bridgehead atoms. The highest BCUT2D eigenvalue weighted by molar-refractivity contribution is 6.68. The molecule has 0 aliphatic carbocycles. The number of hydrogen-bond acceptors (Lipinski definition) is 0. The van der Waals surface area contributed by atoms with Gasteiger partial charge >= 0.3 is 0 Å². The van der Waals surface area contributed by atoms with Crippen LogP contribution in [-0.2, 0) is 12.8 Å². The van der Waals surface area contributed by atoms with Crippen molar-refractivity contribution in [3.8, 4) is 0 Å². The summed E-state index contributed by atoms with van der Waals surface area (Å²) in [6.45, 7) is 0. The summed E-state index contributed by atoms with van der Waals surface area (Å²) in [4.78, 5) is 0. The van der Waals surface area contributed by atoms with Crippen molar-refractivity contribution in [2.24, 2.45) is 11.8 Å². The summed E-state index contributed by atoms with van der Waals surface area (Å²) in [7, 11) is 0. The number of halogens is 6. The van der Waals surface area contributed by atoms with E-state index in [0.717, 1.165) is 11.1 Å². The zero-order valence-electron chi connectivity index (χ0n) is 13.3. The van der Waals surface area contributed by atoms with Gasteiger partial charge in [-0.2, -0.15) is 0 Å². The molecule has 2 aromatic carbocycles. The summed E-state index contributed by atoms with van der Waals surface area (Å²) in [6, 6.07) is 19.8. The van der Waals surface area contributed by atoms with E-state index in [4.69, 9.17) is 69.6 Å². The van der Waals surface area contributed by atoms with Crippen LogP contribution in [0.5, 0.6) is 0 Å². The van der Waals surface area contributed by atoms with Crippen LogP contribution in [0.3, 0.4) is 0 Å². The van der Waals surface area contributed by atoms with Crippen LogP contribution in [0.1, 0.15) is 17.5 Å². The number of alkyl halides is 6. The highest BCUT2D eigenvalue weighted by atomic mass is 35.6. The molecule has 0 spiro atoms. The molecule has 136 valence electrons. The summed E-state index contributed by atoms with van der Waals surface area (Å²) >= 11 is 37.5. The number of benzene rings is 2. The summed E-state index contributed by atoms with van der Waals surface area (Å²) < 4.78 is -2.89. The molecular weight excluding hydrogens is 441 g/mol. The molecule has 6 heteroatoms. The maximum absolute atomic E-state index is 6.25. The lowest BCUT2D eigenvalue weighted by Crippen LogP contribution is -2.31. The van der Waals surface area contributed by atoms with E-state index in [1.807, 2.05) is 60.7 Å². The predicted molar refractivity (Wildman–Crippen MR) is 112 cm³/mol.